The summed E-state index contributed by atoms with van der Waals surface area (Å²) in [6.07, 6.45) is 5.57. The Balaban J connectivity index is 2.50. The van der Waals surface area contributed by atoms with Crippen molar-refractivity contribution in [3.05, 3.63) is 11.8 Å². The van der Waals surface area contributed by atoms with Crippen molar-refractivity contribution in [3.63, 3.8) is 0 Å². The highest BCUT2D eigenvalue weighted by Gasteiger charge is 2.18. The quantitative estimate of drug-likeness (QED) is 0.305. The Hall–Kier alpha value is -1.69. The first kappa shape index (κ1) is 11.4. The van der Waals surface area contributed by atoms with E-state index >= 15 is 0 Å². The van der Waals surface area contributed by atoms with Crippen molar-refractivity contribution in [1.82, 2.24) is 0 Å². The van der Waals surface area contributed by atoms with Gasteiger partial charge in [-0.2, -0.15) is 4.89 Å². The van der Waals surface area contributed by atoms with Crippen LogP contribution in [0.3, 0.4) is 0 Å². The molecule has 6 nitrogen and oxygen atoms in total. The molecular weight excluding hydrogens is 200 g/mol. The highest BCUT2D eigenvalue weighted by Crippen LogP contribution is 2.14. The Labute approximate surface area is 86.9 Å². The van der Waals surface area contributed by atoms with Gasteiger partial charge >= 0.3 is 5.97 Å². The van der Waals surface area contributed by atoms with Crippen LogP contribution in [0.5, 0.6) is 0 Å². The fourth-order valence-corrected chi connectivity index (χ4v) is 1.09. The number of carboxylic acids is 1. The first-order chi connectivity index (χ1) is 7.24. The zero-order valence-electron chi connectivity index (χ0n) is 8.29. The predicted octanol–water partition coefficient (Wildman–Crippen LogP) is 0.794. The van der Waals surface area contributed by atoms with E-state index in [-0.39, 0.29) is 6.42 Å². The van der Waals surface area contributed by atoms with Crippen LogP contribution in [0.25, 0.3) is 0 Å². The molecule has 0 aromatic heterocycles. The Bertz CT molecular complexity index is 309. The fraction of sp³-hybridized carbons (Fsp3) is 0.444. The van der Waals surface area contributed by atoms with Gasteiger partial charge in [0.15, 0.2) is 6.04 Å². The van der Waals surface area contributed by atoms with Gasteiger partial charge in [-0.05, 0) is 0 Å². The smallest absolute Gasteiger partial charge is 0.328 e. The minimum absolute atomic E-state index is 0.259. The summed E-state index contributed by atoms with van der Waals surface area (Å²) in [5.74, 6) is -1.02. The number of nitrogens with zero attached hydrogens (tertiary/aromatic N) is 2. The van der Waals surface area contributed by atoms with Gasteiger partial charge in [0.2, 0.25) is 6.40 Å². The number of hydrogen-bond donors (Lipinski definition) is 1. The number of rotatable bonds is 6. The molecule has 1 atom stereocenters. The number of allylic oxidation sites excluding steroid dienone is 1. The zero-order chi connectivity index (χ0) is 11.1. The third kappa shape index (κ3) is 3.90. The molecule has 0 fully saturated rings. The van der Waals surface area contributed by atoms with E-state index in [1.807, 2.05) is 6.08 Å². The molecular formula is C9H12N2O4. The summed E-state index contributed by atoms with van der Waals surface area (Å²) in [6, 6.07) is -0.887. The monoisotopic (exact) mass is 212 g/mol. The number of aliphatic carboxylic acids is 1. The van der Waals surface area contributed by atoms with E-state index in [0.29, 0.717) is 0 Å². The maximum atomic E-state index is 10.8. The van der Waals surface area contributed by atoms with E-state index < -0.39 is 12.0 Å². The zero-order valence-corrected chi connectivity index (χ0v) is 8.29. The van der Waals surface area contributed by atoms with Crippen LogP contribution in [0, 0.1) is 0 Å². The summed E-state index contributed by atoms with van der Waals surface area (Å²) >= 11 is 0. The van der Waals surface area contributed by atoms with E-state index in [9.17, 15) is 4.79 Å². The second kappa shape index (κ2) is 5.92. The van der Waals surface area contributed by atoms with Crippen LogP contribution in [-0.2, 0) is 14.6 Å². The molecule has 1 aliphatic rings. The number of carbonyl (C=O) groups is 1. The predicted molar refractivity (Wildman–Crippen MR) is 53.8 cm³/mol. The van der Waals surface area contributed by atoms with Crippen LogP contribution in [0.15, 0.2) is 21.8 Å². The van der Waals surface area contributed by atoms with Crippen LogP contribution in [0.2, 0.25) is 0 Å². The van der Waals surface area contributed by atoms with Crippen LogP contribution in [0.4, 0.5) is 0 Å². The summed E-state index contributed by atoms with van der Waals surface area (Å²) in [5, 5.41) is 8.84. The van der Waals surface area contributed by atoms with Gasteiger partial charge in [0.1, 0.15) is 0 Å². The molecule has 0 saturated carbocycles. The molecule has 0 radical (unpaired) electrons. The van der Waals surface area contributed by atoms with Gasteiger partial charge in [-0.15, -0.1) is 0 Å². The molecule has 82 valence electrons. The van der Waals surface area contributed by atoms with Gasteiger partial charge in [0.05, 0.1) is 7.11 Å². The van der Waals surface area contributed by atoms with E-state index in [4.69, 9.17) is 5.11 Å². The second-order valence-corrected chi connectivity index (χ2v) is 2.82. The van der Waals surface area contributed by atoms with Gasteiger partial charge in [-0.3, -0.25) is 4.99 Å². The average Bonchev–Trinajstić information content (AvgIpc) is 2.69. The Morgan fingerprint density at radius 3 is 3.20 bits per heavy atom. The molecule has 0 aliphatic carbocycles. The number of hydrogen-bond acceptors (Lipinski definition) is 5. The molecule has 15 heavy (non-hydrogen) atoms. The van der Waals surface area contributed by atoms with E-state index in [1.165, 1.54) is 7.11 Å². The van der Waals surface area contributed by atoms with E-state index in [2.05, 4.69) is 19.8 Å². The van der Waals surface area contributed by atoms with Crippen molar-refractivity contribution in [2.75, 3.05) is 7.11 Å². The molecule has 1 rings (SSSR count). The standard InChI is InChI=1S/C9H12N2O4/c1-14-15-6-11-8(9(12)13)5-7-3-2-4-10-7/h3-4,6,8H,2,5H2,1H3,(H,12,13)/b11-6+/t8-/m0/s1. The van der Waals surface area contributed by atoms with Gasteiger partial charge < -0.3 is 9.99 Å². The van der Waals surface area contributed by atoms with Gasteiger partial charge in [-0.1, -0.05) is 6.08 Å². The molecule has 1 N–H and O–H groups in total. The third-order valence-electron chi connectivity index (χ3n) is 1.78. The summed E-state index contributed by atoms with van der Waals surface area (Å²) < 4.78 is 0. The van der Waals surface area contributed by atoms with Crippen LogP contribution in [-0.4, -0.2) is 36.8 Å². The largest absolute Gasteiger partial charge is 0.480 e. The van der Waals surface area contributed by atoms with Crippen LogP contribution < -0.4 is 0 Å². The fourth-order valence-electron chi connectivity index (χ4n) is 1.09. The van der Waals surface area contributed by atoms with E-state index in [1.54, 1.807) is 6.21 Å². The molecule has 0 aromatic carbocycles. The third-order valence-corrected chi connectivity index (χ3v) is 1.78. The molecule has 1 heterocycles. The maximum absolute atomic E-state index is 10.8. The highest BCUT2D eigenvalue weighted by molar-refractivity contribution is 5.76. The Morgan fingerprint density at radius 2 is 2.67 bits per heavy atom. The molecule has 6 heteroatoms. The summed E-state index contributed by atoms with van der Waals surface area (Å²) in [5.41, 5.74) is 0.733. The van der Waals surface area contributed by atoms with Crippen LogP contribution >= 0.6 is 0 Å². The van der Waals surface area contributed by atoms with Crippen LogP contribution in [0.1, 0.15) is 12.8 Å². The maximum Gasteiger partial charge on any atom is 0.328 e. The highest BCUT2D eigenvalue weighted by atomic mass is 17.2. The number of aliphatic imine (C=N–C) groups is 2. The first-order valence-corrected chi connectivity index (χ1v) is 4.39. The summed E-state index contributed by atoms with van der Waals surface area (Å²) in [6.45, 7) is 0. The molecule has 0 amide bonds. The van der Waals surface area contributed by atoms with Gasteiger partial charge in [0, 0.05) is 24.8 Å². The molecule has 0 saturated heterocycles. The van der Waals surface area contributed by atoms with Gasteiger partial charge in [-0.25, -0.2) is 9.79 Å². The second-order valence-electron chi connectivity index (χ2n) is 2.82. The summed E-state index contributed by atoms with van der Waals surface area (Å²) in [4.78, 5) is 27.1. The van der Waals surface area contributed by atoms with Gasteiger partial charge in [0.25, 0.3) is 0 Å². The molecule has 0 unspecified atom stereocenters. The first-order valence-electron chi connectivity index (χ1n) is 4.39. The average molecular weight is 212 g/mol. The Morgan fingerprint density at radius 1 is 1.87 bits per heavy atom. The topological polar surface area (TPSA) is 80.5 Å². The van der Waals surface area contributed by atoms with Crippen molar-refractivity contribution in [2.45, 2.75) is 18.9 Å². The molecule has 1 aliphatic heterocycles. The molecule has 0 aromatic rings. The lowest BCUT2D eigenvalue weighted by molar-refractivity contribution is -0.188. The Kier molecular flexibility index (Phi) is 4.49. The van der Waals surface area contributed by atoms with Crippen molar-refractivity contribution < 1.29 is 19.7 Å². The summed E-state index contributed by atoms with van der Waals surface area (Å²) in [7, 11) is 1.31. The molecule has 0 bridgehead atoms. The van der Waals surface area contributed by atoms with Crippen molar-refractivity contribution in [2.24, 2.45) is 9.98 Å². The normalized spacial score (nSPS) is 16.7. The van der Waals surface area contributed by atoms with Crippen molar-refractivity contribution in [3.8, 4) is 0 Å². The SMILES string of the molecule is COO/C=N/[C@@H](CC1=CCC=N1)C(=O)O. The lowest BCUT2D eigenvalue weighted by atomic mass is 10.1. The van der Waals surface area contributed by atoms with Crippen molar-refractivity contribution >= 4 is 18.6 Å². The minimum Gasteiger partial charge on any atom is -0.480 e. The molecule has 0 spiro atoms. The van der Waals surface area contributed by atoms with E-state index in [0.717, 1.165) is 18.5 Å². The minimum atomic E-state index is -1.02. The lowest BCUT2D eigenvalue weighted by Gasteiger charge is -2.05. The number of carboxylic acid groups (broad SMARTS) is 1. The van der Waals surface area contributed by atoms with Crippen molar-refractivity contribution in [1.29, 1.82) is 0 Å². The lowest BCUT2D eigenvalue weighted by Crippen LogP contribution is -2.18.